The summed E-state index contributed by atoms with van der Waals surface area (Å²) in [6.07, 6.45) is 1.64. The van der Waals surface area contributed by atoms with Crippen molar-refractivity contribution in [2.45, 2.75) is 44.0 Å². The monoisotopic (exact) mass is 331 g/mol. The van der Waals surface area contributed by atoms with Gasteiger partial charge in [0.15, 0.2) is 0 Å². The maximum absolute atomic E-state index is 12.4. The van der Waals surface area contributed by atoms with Crippen LogP contribution in [-0.4, -0.2) is 25.5 Å². The van der Waals surface area contributed by atoms with Gasteiger partial charge in [-0.15, -0.1) is 0 Å². The number of aryl methyl sites for hydroxylation is 1. The molecule has 5 nitrogen and oxygen atoms in total. The van der Waals surface area contributed by atoms with Crippen molar-refractivity contribution in [3.05, 3.63) is 28.8 Å². The number of carboxylic acids is 1. The van der Waals surface area contributed by atoms with Crippen LogP contribution in [0.3, 0.4) is 0 Å². The summed E-state index contributed by atoms with van der Waals surface area (Å²) in [6, 6.07) is 4.04. The molecule has 0 amide bonds. The van der Waals surface area contributed by atoms with Crippen molar-refractivity contribution in [3.8, 4) is 0 Å². The number of carboxylic acid groups (broad SMARTS) is 1. The Kier molecular flexibility index (Phi) is 4.33. The molecule has 0 bridgehead atoms. The Morgan fingerprint density at radius 2 is 2.14 bits per heavy atom. The van der Waals surface area contributed by atoms with Gasteiger partial charge in [-0.25, -0.2) is 13.1 Å². The van der Waals surface area contributed by atoms with Gasteiger partial charge in [-0.2, -0.15) is 0 Å². The molecule has 1 aliphatic rings. The van der Waals surface area contributed by atoms with Gasteiger partial charge in [-0.3, -0.25) is 4.79 Å². The molecule has 0 spiro atoms. The summed E-state index contributed by atoms with van der Waals surface area (Å²) in [5.41, 5.74) is -0.222. The first-order chi connectivity index (χ1) is 9.67. The first kappa shape index (κ1) is 16.3. The summed E-state index contributed by atoms with van der Waals surface area (Å²) >= 11 is 6.00. The van der Waals surface area contributed by atoms with Crippen molar-refractivity contribution in [1.29, 1.82) is 0 Å². The van der Waals surface area contributed by atoms with Crippen LogP contribution in [0.1, 0.15) is 31.7 Å². The van der Waals surface area contributed by atoms with E-state index in [-0.39, 0.29) is 9.92 Å². The highest BCUT2D eigenvalue weighted by atomic mass is 35.5. The lowest BCUT2D eigenvalue weighted by Crippen LogP contribution is -2.46. The fraction of sp³-hybridized carbons (Fsp3) is 0.500. The number of halogens is 1. The normalized spacial score (nSPS) is 26.0. The molecule has 0 aliphatic heterocycles. The van der Waals surface area contributed by atoms with E-state index in [4.69, 9.17) is 11.6 Å². The Morgan fingerprint density at radius 3 is 2.71 bits per heavy atom. The Morgan fingerprint density at radius 1 is 1.48 bits per heavy atom. The Hall–Kier alpha value is -1.11. The van der Waals surface area contributed by atoms with Crippen LogP contribution in [0.15, 0.2) is 23.1 Å². The SMILES string of the molecule is Cc1ccc(S(=O)(=O)NC2CCCC2(C)C(=O)O)c(Cl)c1. The van der Waals surface area contributed by atoms with Crippen LogP contribution >= 0.6 is 11.6 Å². The van der Waals surface area contributed by atoms with Gasteiger partial charge < -0.3 is 5.11 Å². The first-order valence-electron chi connectivity index (χ1n) is 6.69. The highest BCUT2D eigenvalue weighted by molar-refractivity contribution is 7.89. The number of sulfonamides is 1. The molecule has 1 aromatic rings. The molecule has 1 fully saturated rings. The van der Waals surface area contributed by atoms with E-state index in [2.05, 4.69) is 4.72 Å². The second kappa shape index (κ2) is 5.59. The van der Waals surface area contributed by atoms with Crippen LogP contribution in [0, 0.1) is 12.3 Å². The highest BCUT2D eigenvalue weighted by Crippen LogP contribution is 2.39. The number of carbonyl (C=O) groups is 1. The lowest BCUT2D eigenvalue weighted by atomic mass is 9.85. The van der Waals surface area contributed by atoms with Crippen LogP contribution < -0.4 is 4.72 Å². The van der Waals surface area contributed by atoms with E-state index < -0.39 is 27.4 Å². The number of hydrogen-bond donors (Lipinski definition) is 2. The van der Waals surface area contributed by atoms with E-state index in [0.29, 0.717) is 19.3 Å². The zero-order valence-electron chi connectivity index (χ0n) is 11.9. The summed E-state index contributed by atoms with van der Waals surface area (Å²) in [6.45, 7) is 3.39. The second-order valence-corrected chi connectivity index (χ2v) is 7.81. The number of aliphatic carboxylic acids is 1. The Balaban J connectivity index is 2.31. The number of nitrogens with one attached hydrogen (secondary N) is 1. The molecule has 21 heavy (non-hydrogen) atoms. The third kappa shape index (κ3) is 3.07. The van der Waals surface area contributed by atoms with Crippen molar-refractivity contribution >= 4 is 27.6 Å². The molecule has 0 radical (unpaired) electrons. The number of benzene rings is 1. The molecule has 1 aliphatic carbocycles. The van der Waals surface area contributed by atoms with E-state index in [0.717, 1.165) is 5.56 Å². The van der Waals surface area contributed by atoms with Crippen LogP contribution in [0.2, 0.25) is 5.02 Å². The van der Waals surface area contributed by atoms with Crippen LogP contribution in [0.4, 0.5) is 0 Å². The lowest BCUT2D eigenvalue weighted by Gasteiger charge is -2.27. The molecule has 1 aromatic carbocycles. The molecule has 1 saturated carbocycles. The minimum Gasteiger partial charge on any atom is -0.481 e. The van der Waals surface area contributed by atoms with E-state index in [1.807, 2.05) is 6.92 Å². The van der Waals surface area contributed by atoms with E-state index in [1.54, 1.807) is 19.1 Å². The highest BCUT2D eigenvalue weighted by Gasteiger charge is 2.47. The maximum Gasteiger partial charge on any atom is 0.310 e. The van der Waals surface area contributed by atoms with Gasteiger partial charge in [-0.1, -0.05) is 24.1 Å². The van der Waals surface area contributed by atoms with Crippen molar-refractivity contribution in [2.24, 2.45) is 5.41 Å². The third-order valence-corrected chi connectivity index (χ3v) is 6.08. The van der Waals surface area contributed by atoms with Gasteiger partial charge in [0.1, 0.15) is 4.90 Å². The van der Waals surface area contributed by atoms with E-state index >= 15 is 0 Å². The topological polar surface area (TPSA) is 83.5 Å². The van der Waals surface area contributed by atoms with Gasteiger partial charge >= 0.3 is 5.97 Å². The summed E-state index contributed by atoms with van der Waals surface area (Å²) < 4.78 is 27.4. The Bertz CT molecular complexity index is 674. The predicted octanol–water partition coefficient (Wildman–Crippen LogP) is 2.57. The van der Waals surface area contributed by atoms with Gasteiger partial charge in [0.2, 0.25) is 10.0 Å². The summed E-state index contributed by atoms with van der Waals surface area (Å²) in [5, 5.41) is 9.48. The molecular weight excluding hydrogens is 314 g/mol. The lowest BCUT2D eigenvalue weighted by molar-refractivity contribution is -0.148. The van der Waals surface area contributed by atoms with Gasteiger partial charge in [0.05, 0.1) is 10.4 Å². The first-order valence-corrected chi connectivity index (χ1v) is 8.55. The zero-order valence-corrected chi connectivity index (χ0v) is 13.5. The van der Waals surface area contributed by atoms with Crippen LogP contribution in [0.25, 0.3) is 0 Å². The van der Waals surface area contributed by atoms with E-state index in [9.17, 15) is 18.3 Å². The molecule has 2 unspecified atom stereocenters. The number of rotatable bonds is 4. The average Bonchev–Trinajstić information content (AvgIpc) is 2.71. The number of hydrogen-bond acceptors (Lipinski definition) is 3. The largest absolute Gasteiger partial charge is 0.481 e. The molecule has 2 rings (SSSR count). The summed E-state index contributed by atoms with van der Waals surface area (Å²) in [7, 11) is -3.84. The standard InChI is InChI=1S/C14H18ClNO4S/c1-9-5-6-11(10(15)8-9)21(19,20)16-12-4-3-7-14(12,2)13(17)18/h5-6,8,12,16H,3-4,7H2,1-2H3,(H,17,18). The second-order valence-electron chi connectivity index (χ2n) is 5.72. The molecule has 2 atom stereocenters. The van der Waals surface area contributed by atoms with Crippen molar-refractivity contribution < 1.29 is 18.3 Å². The maximum atomic E-state index is 12.4. The minimum atomic E-state index is -3.84. The van der Waals surface area contributed by atoms with Gasteiger partial charge in [0, 0.05) is 6.04 Å². The minimum absolute atomic E-state index is 0.0191. The smallest absolute Gasteiger partial charge is 0.310 e. The van der Waals surface area contributed by atoms with Crippen LogP contribution in [0.5, 0.6) is 0 Å². The third-order valence-electron chi connectivity index (χ3n) is 4.12. The average molecular weight is 332 g/mol. The fourth-order valence-electron chi connectivity index (χ4n) is 2.69. The molecule has 2 N–H and O–H groups in total. The quantitative estimate of drug-likeness (QED) is 0.888. The van der Waals surface area contributed by atoms with Gasteiger partial charge in [0.25, 0.3) is 0 Å². The summed E-state index contributed by atoms with van der Waals surface area (Å²) in [5.74, 6) is -0.984. The molecule has 0 saturated heterocycles. The van der Waals surface area contributed by atoms with Crippen molar-refractivity contribution in [2.75, 3.05) is 0 Å². The molecular formula is C14H18ClNO4S. The fourth-order valence-corrected chi connectivity index (χ4v) is 4.67. The molecule has 0 aromatic heterocycles. The van der Waals surface area contributed by atoms with Crippen molar-refractivity contribution in [1.82, 2.24) is 4.72 Å². The van der Waals surface area contributed by atoms with Crippen LogP contribution in [-0.2, 0) is 14.8 Å². The predicted molar refractivity (Wildman–Crippen MR) is 79.9 cm³/mol. The molecule has 0 heterocycles. The molecule has 7 heteroatoms. The Labute approximate surface area is 129 Å². The summed E-state index contributed by atoms with van der Waals surface area (Å²) in [4.78, 5) is 11.4. The van der Waals surface area contributed by atoms with E-state index in [1.165, 1.54) is 6.07 Å². The van der Waals surface area contributed by atoms with Crippen molar-refractivity contribution in [3.63, 3.8) is 0 Å². The van der Waals surface area contributed by atoms with Gasteiger partial charge in [-0.05, 0) is 44.4 Å². The molecule has 116 valence electrons. The zero-order chi connectivity index (χ0) is 15.8.